The molecule has 1 aromatic carbocycles. The van der Waals surface area contributed by atoms with E-state index >= 15 is 0 Å². The van der Waals surface area contributed by atoms with E-state index in [4.69, 9.17) is 22.0 Å². The number of carboxylic acid groups (broad SMARTS) is 1. The van der Waals surface area contributed by atoms with Crippen LogP contribution in [0.3, 0.4) is 0 Å². The van der Waals surface area contributed by atoms with Crippen LogP contribution in [0.25, 0.3) is 0 Å². The van der Waals surface area contributed by atoms with Gasteiger partial charge in [0.1, 0.15) is 17.7 Å². The molecule has 0 aliphatic rings. The van der Waals surface area contributed by atoms with Crippen molar-refractivity contribution in [3.05, 3.63) is 40.6 Å². The molecule has 1 unspecified atom stereocenters. The van der Waals surface area contributed by atoms with E-state index < -0.39 is 17.9 Å². The number of carboxylic acids is 1. The minimum Gasteiger partial charge on any atom is -0.480 e. The first-order chi connectivity index (χ1) is 9.85. The zero-order valence-corrected chi connectivity index (χ0v) is 12.2. The molecule has 0 aromatic heterocycles. The minimum absolute atomic E-state index is 0.234. The molecule has 0 aliphatic heterocycles. The molecule has 21 heavy (non-hydrogen) atoms. The van der Waals surface area contributed by atoms with E-state index in [0.29, 0.717) is 10.7 Å². The van der Waals surface area contributed by atoms with Gasteiger partial charge in [-0.2, -0.15) is 5.26 Å². The van der Waals surface area contributed by atoms with E-state index in [1.165, 1.54) is 6.92 Å². The summed E-state index contributed by atoms with van der Waals surface area (Å²) in [6, 6.07) is 5.79. The van der Waals surface area contributed by atoms with Gasteiger partial charge >= 0.3 is 5.97 Å². The van der Waals surface area contributed by atoms with Crippen molar-refractivity contribution in [2.75, 3.05) is 5.32 Å². The van der Waals surface area contributed by atoms with Crippen molar-refractivity contribution in [1.29, 1.82) is 5.26 Å². The van der Waals surface area contributed by atoms with Crippen molar-refractivity contribution >= 4 is 29.2 Å². The number of benzene rings is 1. The summed E-state index contributed by atoms with van der Waals surface area (Å²) in [6.07, 6.45) is 1.08. The van der Waals surface area contributed by atoms with Crippen LogP contribution in [0.2, 0.25) is 5.02 Å². The Morgan fingerprint density at radius 3 is 2.71 bits per heavy atom. The molecule has 3 N–H and O–H groups in total. The number of carbonyl (C=O) groups is 2. The number of aryl methyl sites for hydroxylation is 1. The summed E-state index contributed by atoms with van der Waals surface area (Å²) in [6.45, 7) is 3.18. The molecule has 1 aromatic rings. The van der Waals surface area contributed by atoms with Gasteiger partial charge in [0.25, 0.3) is 5.91 Å². The SMILES string of the molecule is Cc1ccc(Cl)cc1NC(=O)/C(C#N)=C\NC(C)C(=O)O. The molecule has 110 valence electrons. The normalized spacial score (nSPS) is 12.2. The lowest BCUT2D eigenvalue weighted by Gasteiger charge is -2.09. The molecular weight excluding hydrogens is 294 g/mol. The fraction of sp³-hybridized carbons (Fsp3) is 0.214. The van der Waals surface area contributed by atoms with E-state index in [9.17, 15) is 9.59 Å². The van der Waals surface area contributed by atoms with Gasteiger partial charge in [0, 0.05) is 16.9 Å². The van der Waals surface area contributed by atoms with E-state index in [1.807, 2.05) is 0 Å². The monoisotopic (exact) mass is 307 g/mol. The van der Waals surface area contributed by atoms with Gasteiger partial charge in [-0.05, 0) is 31.5 Å². The Morgan fingerprint density at radius 2 is 2.14 bits per heavy atom. The second-order valence-corrected chi connectivity index (χ2v) is 4.75. The third-order valence-electron chi connectivity index (χ3n) is 2.66. The van der Waals surface area contributed by atoms with Crippen molar-refractivity contribution in [2.45, 2.75) is 19.9 Å². The summed E-state index contributed by atoms with van der Waals surface area (Å²) in [5.74, 6) is -1.73. The third-order valence-corrected chi connectivity index (χ3v) is 2.90. The average molecular weight is 308 g/mol. The molecule has 7 heteroatoms. The Kier molecular flexibility index (Phi) is 5.76. The van der Waals surface area contributed by atoms with Crippen molar-refractivity contribution in [3.63, 3.8) is 0 Å². The van der Waals surface area contributed by atoms with Gasteiger partial charge in [-0.3, -0.25) is 9.59 Å². The maximum Gasteiger partial charge on any atom is 0.325 e. The van der Waals surface area contributed by atoms with Crippen LogP contribution in [-0.4, -0.2) is 23.0 Å². The van der Waals surface area contributed by atoms with Crippen molar-refractivity contribution in [3.8, 4) is 6.07 Å². The third kappa shape index (κ3) is 4.82. The number of nitrogens with one attached hydrogen (secondary N) is 2. The standard InChI is InChI=1S/C14H14ClN3O3/c1-8-3-4-11(15)5-12(8)18-13(19)10(6-16)7-17-9(2)14(20)21/h3-5,7,9,17H,1-2H3,(H,18,19)(H,20,21)/b10-7-. The number of anilines is 1. The number of aliphatic carboxylic acids is 1. The Labute approximate surface area is 127 Å². The zero-order valence-electron chi connectivity index (χ0n) is 11.5. The number of hydrogen-bond donors (Lipinski definition) is 3. The average Bonchev–Trinajstić information content (AvgIpc) is 2.43. The molecule has 1 rings (SSSR count). The van der Waals surface area contributed by atoms with Crippen molar-refractivity contribution in [1.82, 2.24) is 5.32 Å². The summed E-state index contributed by atoms with van der Waals surface area (Å²) in [5.41, 5.74) is 1.04. The van der Waals surface area contributed by atoms with Gasteiger partial charge in [-0.1, -0.05) is 17.7 Å². The molecule has 0 radical (unpaired) electrons. The lowest BCUT2D eigenvalue weighted by Crippen LogP contribution is -2.30. The summed E-state index contributed by atoms with van der Waals surface area (Å²) in [7, 11) is 0. The number of rotatable bonds is 5. The molecule has 0 saturated carbocycles. The van der Waals surface area contributed by atoms with Crippen LogP contribution < -0.4 is 10.6 Å². The Morgan fingerprint density at radius 1 is 1.48 bits per heavy atom. The quantitative estimate of drug-likeness (QED) is 0.571. The van der Waals surface area contributed by atoms with Crippen LogP contribution in [-0.2, 0) is 9.59 Å². The van der Waals surface area contributed by atoms with Crippen molar-refractivity contribution < 1.29 is 14.7 Å². The van der Waals surface area contributed by atoms with Crippen molar-refractivity contribution in [2.24, 2.45) is 0 Å². The number of nitrogens with zero attached hydrogens (tertiary/aromatic N) is 1. The first-order valence-electron chi connectivity index (χ1n) is 6.01. The Bertz CT molecular complexity index is 635. The molecule has 0 bridgehead atoms. The van der Waals surface area contributed by atoms with Crippen LogP contribution in [0.1, 0.15) is 12.5 Å². The molecule has 0 spiro atoms. The molecule has 6 nitrogen and oxygen atoms in total. The summed E-state index contributed by atoms with van der Waals surface area (Å²) < 4.78 is 0. The molecular formula is C14H14ClN3O3. The van der Waals surface area contributed by atoms with Gasteiger partial charge in [-0.15, -0.1) is 0 Å². The highest BCUT2D eigenvalue weighted by Crippen LogP contribution is 2.20. The van der Waals surface area contributed by atoms with E-state index in [2.05, 4.69) is 10.6 Å². The fourth-order valence-corrected chi connectivity index (χ4v) is 1.52. The van der Waals surface area contributed by atoms with Gasteiger partial charge in [0.05, 0.1) is 0 Å². The highest BCUT2D eigenvalue weighted by molar-refractivity contribution is 6.31. The summed E-state index contributed by atoms with van der Waals surface area (Å²) in [4.78, 5) is 22.6. The number of halogens is 1. The molecule has 0 saturated heterocycles. The maximum atomic E-state index is 12.0. The summed E-state index contributed by atoms with van der Waals surface area (Å²) in [5, 5.41) is 23.1. The lowest BCUT2D eigenvalue weighted by molar-refractivity contribution is -0.138. The van der Waals surface area contributed by atoms with Crippen LogP contribution in [0, 0.1) is 18.3 Å². The lowest BCUT2D eigenvalue weighted by atomic mass is 10.2. The molecule has 0 aliphatic carbocycles. The largest absolute Gasteiger partial charge is 0.480 e. The highest BCUT2D eigenvalue weighted by atomic mass is 35.5. The Balaban J connectivity index is 2.85. The summed E-state index contributed by atoms with van der Waals surface area (Å²) >= 11 is 5.84. The molecule has 1 amide bonds. The first-order valence-corrected chi connectivity index (χ1v) is 6.39. The number of amides is 1. The predicted octanol–water partition coefficient (Wildman–Crippen LogP) is 2.06. The van der Waals surface area contributed by atoms with E-state index in [1.54, 1.807) is 31.2 Å². The van der Waals surface area contributed by atoms with Crippen LogP contribution >= 0.6 is 11.6 Å². The van der Waals surface area contributed by atoms with Crippen LogP contribution in [0.4, 0.5) is 5.69 Å². The van der Waals surface area contributed by atoms with Gasteiger partial charge < -0.3 is 15.7 Å². The molecule has 1 atom stereocenters. The first kappa shape index (κ1) is 16.5. The fourth-order valence-electron chi connectivity index (χ4n) is 1.35. The number of carbonyl (C=O) groups excluding carboxylic acids is 1. The smallest absolute Gasteiger partial charge is 0.325 e. The molecule has 0 heterocycles. The van der Waals surface area contributed by atoms with E-state index in [-0.39, 0.29) is 5.57 Å². The predicted molar refractivity (Wildman–Crippen MR) is 78.7 cm³/mol. The highest BCUT2D eigenvalue weighted by Gasteiger charge is 2.13. The van der Waals surface area contributed by atoms with Gasteiger partial charge in [-0.25, -0.2) is 0 Å². The minimum atomic E-state index is -1.09. The number of nitriles is 1. The van der Waals surface area contributed by atoms with Gasteiger partial charge in [0.15, 0.2) is 0 Å². The van der Waals surface area contributed by atoms with E-state index in [0.717, 1.165) is 11.8 Å². The second kappa shape index (κ2) is 7.31. The Hall–Kier alpha value is -2.52. The molecule has 0 fully saturated rings. The number of hydrogen-bond acceptors (Lipinski definition) is 4. The zero-order chi connectivity index (χ0) is 16.0. The van der Waals surface area contributed by atoms with Crippen LogP contribution in [0.15, 0.2) is 30.0 Å². The maximum absolute atomic E-state index is 12.0. The van der Waals surface area contributed by atoms with Crippen LogP contribution in [0.5, 0.6) is 0 Å². The van der Waals surface area contributed by atoms with Gasteiger partial charge in [0.2, 0.25) is 0 Å². The topological polar surface area (TPSA) is 102 Å². The second-order valence-electron chi connectivity index (χ2n) is 4.31.